The lowest BCUT2D eigenvalue weighted by Gasteiger charge is -2.41. The van der Waals surface area contributed by atoms with E-state index in [1.165, 1.54) is 66.5 Å². The van der Waals surface area contributed by atoms with E-state index in [9.17, 15) is 0 Å². The number of benzene rings is 5. The molecular formula is C34H27BN2. The Hall–Kier alpha value is -4.24. The molecule has 0 aliphatic carbocycles. The summed E-state index contributed by atoms with van der Waals surface area (Å²) >= 11 is 0. The molecule has 3 heteroatoms. The van der Waals surface area contributed by atoms with Gasteiger partial charge in [0.05, 0.1) is 0 Å². The molecule has 0 N–H and O–H groups in total. The largest absolute Gasteiger partial charge is 0.375 e. The van der Waals surface area contributed by atoms with Crippen molar-refractivity contribution in [3.05, 3.63) is 115 Å². The Labute approximate surface area is 217 Å². The van der Waals surface area contributed by atoms with Gasteiger partial charge in [0, 0.05) is 44.4 Å². The van der Waals surface area contributed by atoms with Crippen molar-refractivity contribution in [3.8, 4) is 11.1 Å². The summed E-state index contributed by atoms with van der Waals surface area (Å²) in [5, 5.41) is 2.66. The van der Waals surface area contributed by atoms with E-state index < -0.39 is 0 Å². The minimum absolute atomic E-state index is 0.0262. The second-order valence-electron chi connectivity index (χ2n) is 11.4. The molecule has 0 spiro atoms. The molecule has 3 heterocycles. The van der Waals surface area contributed by atoms with Crippen molar-refractivity contribution in [1.82, 2.24) is 4.48 Å². The molecule has 176 valence electrons. The number of aromatic nitrogens is 1. The van der Waals surface area contributed by atoms with E-state index in [4.69, 9.17) is 0 Å². The molecule has 0 amide bonds. The molecule has 2 aliphatic rings. The maximum Gasteiger partial charge on any atom is 0.333 e. The van der Waals surface area contributed by atoms with Gasteiger partial charge < -0.3 is 9.38 Å². The fourth-order valence-corrected chi connectivity index (χ4v) is 6.64. The molecule has 2 aliphatic heterocycles. The SMILES string of the molecule is CC(C)(C)c1cc2c3c(c1)N(c1ccccc1)c1ccccc1B3n1c3ccccc3c3cccc-2c31. The smallest absolute Gasteiger partial charge is 0.333 e. The summed E-state index contributed by atoms with van der Waals surface area (Å²) < 4.78 is 2.61. The zero-order valence-electron chi connectivity index (χ0n) is 21.4. The fourth-order valence-electron chi connectivity index (χ4n) is 6.64. The maximum atomic E-state index is 2.61. The first kappa shape index (κ1) is 20.9. The van der Waals surface area contributed by atoms with E-state index in [-0.39, 0.29) is 12.3 Å². The van der Waals surface area contributed by atoms with Crippen molar-refractivity contribution < 1.29 is 0 Å². The summed E-state index contributed by atoms with van der Waals surface area (Å²) in [5.74, 6) is 0. The Bertz CT molecular complexity index is 1870. The third-order valence-corrected chi connectivity index (χ3v) is 8.30. The second kappa shape index (κ2) is 7.17. The number of anilines is 3. The maximum absolute atomic E-state index is 2.61. The van der Waals surface area contributed by atoms with Crippen LogP contribution in [0.3, 0.4) is 0 Å². The van der Waals surface area contributed by atoms with E-state index >= 15 is 0 Å². The number of fused-ring (bicyclic) bond motifs is 7. The van der Waals surface area contributed by atoms with Gasteiger partial charge in [0.25, 0.3) is 0 Å². The Morgan fingerprint density at radius 2 is 1.35 bits per heavy atom. The molecule has 8 rings (SSSR count). The van der Waals surface area contributed by atoms with Crippen LogP contribution >= 0.6 is 0 Å². The van der Waals surface area contributed by atoms with Crippen LogP contribution in [0.5, 0.6) is 0 Å². The summed E-state index contributed by atoms with van der Waals surface area (Å²) in [4.78, 5) is 2.48. The molecule has 6 aromatic rings. The Kier molecular flexibility index (Phi) is 4.05. The molecule has 0 saturated heterocycles. The first-order chi connectivity index (χ1) is 18.0. The number of nitrogens with zero attached hydrogens (tertiary/aromatic N) is 2. The van der Waals surface area contributed by atoms with Crippen LogP contribution in [0.1, 0.15) is 26.3 Å². The summed E-state index contributed by atoms with van der Waals surface area (Å²) in [7, 11) is 0. The van der Waals surface area contributed by atoms with E-state index in [2.05, 4.69) is 139 Å². The highest BCUT2D eigenvalue weighted by atomic mass is 15.2. The van der Waals surface area contributed by atoms with Crippen LogP contribution in [0.4, 0.5) is 17.1 Å². The van der Waals surface area contributed by atoms with Crippen molar-refractivity contribution >= 4 is 56.6 Å². The second-order valence-corrected chi connectivity index (χ2v) is 11.4. The van der Waals surface area contributed by atoms with Crippen molar-refractivity contribution in [2.75, 3.05) is 4.90 Å². The van der Waals surface area contributed by atoms with Gasteiger partial charge in [-0.3, -0.25) is 0 Å². The number of hydrogen-bond donors (Lipinski definition) is 0. The van der Waals surface area contributed by atoms with Gasteiger partial charge in [-0.25, -0.2) is 0 Å². The molecule has 1 aromatic heterocycles. The Morgan fingerprint density at radius 3 is 2.19 bits per heavy atom. The van der Waals surface area contributed by atoms with Crippen LogP contribution in [-0.4, -0.2) is 11.3 Å². The highest BCUT2D eigenvalue weighted by Crippen LogP contribution is 2.46. The summed E-state index contributed by atoms with van der Waals surface area (Å²) in [6.45, 7) is 7.09. The van der Waals surface area contributed by atoms with Crippen LogP contribution in [0.2, 0.25) is 0 Å². The number of hydrogen-bond acceptors (Lipinski definition) is 1. The standard InChI is InChI=1S/C34H27BN2/c1-34(2,3)22-20-27-26-16-11-15-25-24-14-7-9-18-29(24)37(33(25)26)35-28-17-8-10-19-30(28)36(31(21-22)32(27)35)23-12-5-4-6-13-23/h4-21H,1-3H3. The van der Waals surface area contributed by atoms with E-state index in [0.717, 1.165) is 0 Å². The van der Waals surface area contributed by atoms with Gasteiger partial charge in [-0.1, -0.05) is 99.6 Å². The monoisotopic (exact) mass is 474 g/mol. The molecule has 0 unspecified atom stereocenters. The predicted molar refractivity (Wildman–Crippen MR) is 159 cm³/mol. The fraction of sp³-hybridized carbons (Fsp3) is 0.118. The lowest BCUT2D eigenvalue weighted by molar-refractivity contribution is 0.590. The Balaban J connectivity index is 1.60. The zero-order valence-corrected chi connectivity index (χ0v) is 21.4. The van der Waals surface area contributed by atoms with Gasteiger partial charge in [-0.2, -0.15) is 0 Å². The predicted octanol–water partition coefficient (Wildman–Crippen LogP) is 7.51. The molecule has 0 saturated carbocycles. The van der Waals surface area contributed by atoms with Gasteiger partial charge in [0.1, 0.15) is 0 Å². The van der Waals surface area contributed by atoms with E-state index in [0.29, 0.717) is 0 Å². The molecular weight excluding hydrogens is 447 g/mol. The van der Waals surface area contributed by atoms with Crippen molar-refractivity contribution in [1.29, 1.82) is 0 Å². The number of rotatable bonds is 1. The third-order valence-electron chi connectivity index (χ3n) is 8.30. The lowest BCUT2D eigenvalue weighted by Crippen LogP contribution is -2.56. The summed E-state index contributed by atoms with van der Waals surface area (Å²) in [6, 6.07) is 40.5. The van der Waals surface area contributed by atoms with Crippen LogP contribution in [0, 0.1) is 0 Å². The van der Waals surface area contributed by atoms with Gasteiger partial charge >= 0.3 is 6.85 Å². The first-order valence-corrected chi connectivity index (χ1v) is 13.2. The van der Waals surface area contributed by atoms with E-state index in [1.54, 1.807) is 0 Å². The summed E-state index contributed by atoms with van der Waals surface area (Å²) in [6.07, 6.45) is 0. The third kappa shape index (κ3) is 2.72. The quantitative estimate of drug-likeness (QED) is 0.224. The van der Waals surface area contributed by atoms with Crippen LogP contribution in [-0.2, 0) is 5.41 Å². The molecule has 37 heavy (non-hydrogen) atoms. The van der Waals surface area contributed by atoms with Gasteiger partial charge in [0.2, 0.25) is 0 Å². The molecule has 0 bridgehead atoms. The van der Waals surface area contributed by atoms with Crippen LogP contribution < -0.4 is 15.8 Å². The molecule has 2 nitrogen and oxygen atoms in total. The lowest BCUT2D eigenvalue weighted by atomic mass is 9.45. The van der Waals surface area contributed by atoms with Gasteiger partial charge in [-0.15, -0.1) is 0 Å². The van der Waals surface area contributed by atoms with E-state index in [1.807, 2.05) is 0 Å². The average Bonchev–Trinajstić information content (AvgIpc) is 3.26. The highest BCUT2D eigenvalue weighted by Gasteiger charge is 2.43. The minimum Gasteiger partial charge on any atom is -0.375 e. The zero-order chi connectivity index (χ0) is 24.9. The van der Waals surface area contributed by atoms with Gasteiger partial charge in [-0.05, 0) is 57.8 Å². The topological polar surface area (TPSA) is 8.17 Å². The minimum atomic E-state index is 0.0262. The van der Waals surface area contributed by atoms with Crippen LogP contribution in [0.15, 0.2) is 109 Å². The summed E-state index contributed by atoms with van der Waals surface area (Å²) in [5.41, 5.74) is 13.2. The molecule has 0 radical (unpaired) electrons. The van der Waals surface area contributed by atoms with Crippen molar-refractivity contribution in [2.24, 2.45) is 0 Å². The average molecular weight is 474 g/mol. The molecule has 5 aromatic carbocycles. The highest BCUT2D eigenvalue weighted by molar-refractivity contribution is 6.90. The normalized spacial score (nSPS) is 13.7. The first-order valence-electron chi connectivity index (χ1n) is 13.2. The Morgan fingerprint density at radius 1 is 0.622 bits per heavy atom. The molecule has 0 fully saturated rings. The number of para-hydroxylation sites is 4. The van der Waals surface area contributed by atoms with Gasteiger partial charge in [0.15, 0.2) is 0 Å². The van der Waals surface area contributed by atoms with Crippen molar-refractivity contribution in [2.45, 2.75) is 26.2 Å². The van der Waals surface area contributed by atoms with Crippen LogP contribution in [0.25, 0.3) is 32.9 Å². The van der Waals surface area contributed by atoms with Crippen molar-refractivity contribution in [3.63, 3.8) is 0 Å². The molecule has 0 atom stereocenters.